The van der Waals surface area contributed by atoms with Crippen LogP contribution in [0, 0.1) is 6.92 Å². The molecule has 88 valence electrons. The van der Waals surface area contributed by atoms with Crippen LogP contribution in [-0.4, -0.2) is 16.8 Å². The summed E-state index contributed by atoms with van der Waals surface area (Å²) in [5.74, 6) is -0.206. The molecule has 0 saturated heterocycles. The molecule has 0 atom stereocenters. The van der Waals surface area contributed by atoms with E-state index in [9.17, 15) is 4.79 Å². The highest BCUT2D eigenvalue weighted by Crippen LogP contribution is 2.31. The van der Waals surface area contributed by atoms with Gasteiger partial charge in [-0.15, -0.1) is 0 Å². The maximum absolute atomic E-state index is 11.4. The number of alkyl halides is 3. The molecule has 0 radical (unpaired) electrons. The van der Waals surface area contributed by atoms with Gasteiger partial charge < -0.3 is 10.1 Å². The highest BCUT2D eigenvalue weighted by molar-refractivity contribution is 6.76. The number of carbonyl (C=O) groups is 1. The van der Waals surface area contributed by atoms with Crippen LogP contribution in [0.4, 0.5) is 5.69 Å². The summed E-state index contributed by atoms with van der Waals surface area (Å²) in [6, 6.07) is 5.27. The molecule has 0 aromatic heterocycles. The Labute approximate surface area is 109 Å². The van der Waals surface area contributed by atoms with E-state index in [1.54, 1.807) is 12.1 Å². The highest BCUT2D eigenvalue weighted by Gasteiger charge is 2.31. The molecule has 0 fully saturated rings. The van der Waals surface area contributed by atoms with Crippen molar-refractivity contribution in [2.24, 2.45) is 0 Å². The third-order valence-electron chi connectivity index (χ3n) is 1.86. The van der Waals surface area contributed by atoms with Gasteiger partial charge in [0.15, 0.2) is 0 Å². The van der Waals surface area contributed by atoms with Crippen molar-refractivity contribution in [3.63, 3.8) is 0 Å². The SMILES string of the molecule is COc1cc(C)ccc1NC(=O)C(Cl)(Cl)Cl. The van der Waals surface area contributed by atoms with E-state index >= 15 is 0 Å². The third kappa shape index (κ3) is 3.44. The molecule has 0 saturated carbocycles. The molecule has 0 unspecified atom stereocenters. The molecule has 0 aliphatic heterocycles. The maximum atomic E-state index is 11.4. The lowest BCUT2D eigenvalue weighted by Gasteiger charge is -2.14. The van der Waals surface area contributed by atoms with Crippen molar-refractivity contribution < 1.29 is 9.53 Å². The molecule has 0 aliphatic carbocycles. The summed E-state index contributed by atoms with van der Waals surface area (Å²) >= 11 is 16.3. The Kier molecular flexibility index (Phi) is 4.30. The largest absolute Gasteiger partial charge is 0.495 e. The minimum atomic E-state index is -1.99. The molecule has 0 heterocycles. The van der Waals surface area contributed by atoms with Crippen LogP contribution in [0.5, 0.6) is 5.75 Å². The van der Waals surface area contributed by atoms with Gasteiger partial charge in [0.1, 0.15) is 5.75 Å². The lowest BCUT2D eigenvalue weighted by atomic mass is 10.2. The first-order valence-electron chi connectivity index (χ1n) is 4.37. The number of nitrogens with one attached hydrogen (secondary N) is 1. The van der Waals surface area contributed by atoms with Crippen LogP contribution in [0.3, 0.4) is 0 Å². The Morgan fingerprint density at radius 3 is 2.50 bits per heavy atom. The van der Waals surface area contributed by atoms with E-state index in [0.29, 0.717) is 11.4 Å². The number of amides is 1. The summed E-state index contributed by atoms with van der Waals surface area (Å²) in [6.07, 6.45) is 0. The number of aryl methyl sites for hydroxylation is 1. The average molecular weight is 283 g/mol. The molecule has 1 amide bonds. The van der Waals surface area contributed by atoms with E-state index in [4.69, 9.17) is 39.5 Å². The topological polar surface area (TPSA) is 38.3 Å². The van der Waals surface area contributed by atoms with E-state index < -0.39 is 9.70 Å². The van der Waals surface area contributed by atoms with Gasteiger partial charge in [-0.3, -0.25) is 4.79 Å². The van der Waals surface area contributed by atoms with Gasteiger partial charge in [-0.25, -0.2) is 0 Å². The van der Waals surface area contributed by atoms with Gasteiger partial charge >= 0.3 is 0 Å². The lowest BCUT2D eigenvalue weighted by Crippen LogP contribution is -2.27. The Bertz CT molecular complexity index is 402. The van der Waals surface area contributed by atoms with E-state index in [1.165, 1.54) is 7.11 Å². The number of anilines is 1. The number of ether oxygens (including phenoxy) is 1. The zero-order chi connectivity index (χ0) is 12.3. The van der Waals surface area contributed by atoms with E-state index in [0.717, 1.165) is 5.56 Å². The predicted molar refractivity (Wildman–Crippen MR) is 66.7 cm³/mol. The molecule has 1 N–H and O–H groups in total. The number of hydrogen-bond donors (Lipinski definition) is 1. The summed E-state index contributed by atoms with van der Waals surface area (Å²) in [7, 11) is 1.50. The predicted octanol–water partition coefficient (Wildman–Crippen LogP) is 3.31. The second-order valence-electron chi connectivity index (χ2n) is 3.16. The standard InChI is InChI=1S/C10H10Cl3NO2/c1-6-3-4-7(8(5-6)16-2)14-9(15)10(11,12)13/h3-5H,1-2H3,(H,14,15). The molecule has 1 aromatic rings. The van der Waals surface area contributed by atoms with Gasteiger partial charge in [-0.05, 0) is 24.6 Å². The van der Waals surface area contributed by atoms with Crippen molar-refractivity contribution in [3.05, 3.63) is 23.8 Å². The van der Waals surface area contributed by atoms with Crippen molar-refractivity contribution in [3.8, 4) is 5.75 Å². The third-order valence-corrected chi connectivity index (χ3v) is 2.38. The summed E-state index contributed by atoms with van der Waals surface area (Å²) in [5, 5.41) is 2.47. The van der Waals surface area contributed by atoms with Crippen molar-refractivity contribution in [1.29, 1.82) is 0 Å². The van der Waals surface area contributed by atoms with Crippen molar-refractivity contribution in [1.82, 2.24) is 0 Å². The van der Waals surface area contributed by atoms with Crippen LogP contribution < -0.4 is 10.1 Å². The van der Waals surface area contributed by atoms with Gasteiger partial charge in [-0.1, -0.05) is 40.9 Å². The number of benzene rings is 1. The van der Waals surface area contributed by atoms with Gasteiger partial charge in [0.05, 0.1) is 12.8 Å². The second-order valence-corrected chi connectivity index (χ2v) is 5.44. The first-order valence-corrected chi connectivity index (χ1v) is 5.51. The molecular formula is C10H10Cl3NO2. The zero-order valence-corrected chi connectivity index (χ0v) is 11.0. The Balaban J connectivity index is 2.93. The molecular weight excluding hydrogens is 272 g/mol. The number of methoxy groups -OCH3 is 1. The van der Waals surface area contributed by atoms with Crippen molar-refractivity contribution in [2.75, 3.05) is 12.4 Å². The molecule has 1 aromatic carbocycles. The molecule has 0 aliphatic rings. The second kappa shape index (κ2) is 5.13. The van der Waals surface area contributed by atoms with Crippen LogP contribution in [0.25, 0.3) is 0 Å². The van der Waals surface area contributed by atoms with Crippen molar-refractivity contribution in [2.45, 2.75) is 10.7 Å². The zero-order valence-electron chi connectivity index (χ0n) is 8.68. The summed E-state index contributed by atoms with van der Waals surface area (Å²) in [5.41, 5.74) is 1.47. The summed E-state index contributed by atoms with van der Waals surface area (Å²) < 4.78 is 3.11. The maximum Gasteiger partial charge on any atom is 0.276 e. The quantitative estimate of drug-likeness (QED) is 0.845. The minimum Gasteiger partial charge on any atom is -0.495 e. The number of halogens is 3. The molecule has 16 heavy (non-hydrogen) atoms. The van der Waals surface area contributed by atoms with E-state index in [-0.39, 0.29) is 0 Å². The van der Waals surface area contributed by atoms with Gasteiger partial charge in [-0.2, -0.15) is 0 Å². The number of rotatable bonds is 2. The lowest BCUT2D eigenvalue weighted by molar-refractivity contribution is -0.115. The minimum absolute atomic E-state index is 0.462. The first-order chi connectivity index (χ1) is 7.34. The van der Waals surface area contributed by atoms with Crippen LogP contribution in [0.15, 0.2) is 18.2 Å². The Morgan fingerprint density at radius 1 is 1.38 bits per heavy atom. The smallest absolute Gasteiger partial charge is 0.276 e. The molecule has 6 heteroatoms. The first kappa shape index (κ1) is 13.4. The van der Waals surface area contributed by atoms with Gasteiger partial charge in [0.25, 0.3) is 9.70 Å². The van der Waals surface area contributed by atoms with Crippen LogP contribution in [0.2, 0.25) is 0 Å². The molecule has 0 bridgehead atoms. The van der Waals surface area contributed by atoms with E-state index in [2.05, 4.69) is 5.32 Å². The Morgan fingerprint density at radius 2 is 2.00 bits per heavy atom. The fourth-order valence-corrected chi connectivity index (χ4v) is 1.24. The van der Waals surface area contributed by atoms with Gasteiger partial charge in [0.2, 0.25) is 0 Å². The van der Waals surface area contributed by atoms with Gasteiger partial charge in [0, 0.05) is 0 Å². The summed E-state index contributed by atoms with van der Waals surface area (Å²) in [4.78, 5) is 11.4. The molecule has 0 spiro atoms. The fraction of sp³-hybridized carbons (Fsp3) is 0.300. The van der Waals surface area contributed by atoms with Crippen LogP contribution in [-0.2, 0) is 4.79 Å². The average Bonchev–Trinajstić information content (AvgIpc) is 2.19. The molecule has 1 rings (SSSR count). The normalized spacial score (nSPS) is 11.1. The van der Waals surface area contributed by atoms with Crippen LogP contribution >= 0.6 is 34.8 Å². The number of carbonyl (C=O) groups excluding carboxylic acids is 1. The van der Waals surface area contributed by atoms with Crippen LogP contribution in [0.1, 0.15) is 5.56 Å². The summed E-state index contributed by atoms with van der Waals surface area (Å²) in [6.45, 7) is 1.91. The number of hydrogen-bond acceptors (Lipinski definition) is 2. The van der Waals surface area contributed by atoms with Crippen molar-refractivity contribution >= 4 is 46.4 Å². The highest BCUT2D eigenvalue weighted by atomic mass is 35.6. The molecule has 3 nitrogen and oxygen atoms in total. The Hall–Kier alpha value is -0.640. The van der Waals surface area contributed by atoms with E-state index in [1.807, 2.05) is 13.0 Å². The fourth-order valence-electron chi connectivity index (χ4n) is 1.09. The monoisotopic (exact) mass is 281 g/mol.